The normalized spacial score (nSPS) is 15.7. The molecule has 4 aliphatic heterocycles. The number of rotatable bonds is 6. The predicted molar refractivity (Wildman–Crippen MR) is 133 cm³/mol. The fraction of sp³-hybridized carbons (Fsp3) is 0.435. The average Bonchev–Trinajstić information content (AvgIpc) is 3.55. The lowest BCUT2D eigenvalue weighted by Crippen LogP contribution is -2.35. The molecule has 0 amide bonds. The maximum absolute atomic E-state index is 9.65. The Morgan fingerprint density at radius 3 is 2.68 bits per heavy atom. The van der Waals surface area contributed by atoms with E-state index in [1.165, 1.54) is 11.8 Å². The van der Waals surface area contributed by atoms with E-state index in [9.17, 15) is 5.26 Å². The van der Waals surface area contributed by atoms with E-state index in [-0.39, 0.29) is 0 Å². The number of nitrogen functional groups attached to an aromatic ring is 1. The summed E-state index contributed by atoms with van der Waals surface area (Å²) in [6, 6.07) is 5.72. The van der Waals surface area contributed by atoms with Crippen LogP contribution >= 0.6 is 11.8 Å². The molecule has 13 nitrogen and oxygen atoms in total. The summed E-state index contributed by atoms with van der Waals surface area (Å²) in [6.07, 6.45) is 4.85. The van der Waals surface area contributed by atoms with Crippen molar-refractivity contribution in [2.24, 2.45) is 13.0 Å². The number of nitrogens with two attached hydrogens (primary N) is 1. The maximum atomic E-state index is 9.65. The number of anilines is 2. The number of nitrogens with zero attached hydrogens (tertiary/aromatic N) is 10. The van der Waals surface area contributed by atoms with Crippen LogP contribution in [0.5, 0.6) is 11.5 Å². The Hall–Kier alpha value is -4.12. The molecule has 0 unspecified atom stereocenters. The van der Waals surface area contributed by atoms with Crippen molar-refractivity contribution in [1.82, 2.24) is 39.7 Å². The van der Waals surface area contributed by atoms with Crippen LogP contribution in [-0.2, 0) is 13.6 Å². The van der Waals surface area contributed by atoms with Gasteiger partial charge in [-0.25, -0.2) is 19.6 Å². The van der Waals surface area contributed by atoms with Gasteiger partial charge in [0.05, 0.1) is 11.9 Å². The van der Waals surface area contributed by atoms with Crippen molar-refractivity contribution in [3.63, 3.8) is 0 Å². The lowest BCUT2D eigenvalue weighted by molar-refractivity contribution is 0.171. The first-order valence-corrected chi connectivity index (χ1v) is 12.9. The predicted octanol–water partition coefficient (Wildman–Crippen LogP) is 1.98. The third kappa shape index (κ3) is 4.57. The molecule has 2 aromatic rings. The molecule has 0 spiro atoms. The van der Waals surface area contributed by atoms with Gasteiger partial charge >= 0.3 is 0 Å². The van der Waals surface area contributed by atoms with Gasteiger partial charge in [-0.05, 0) is 53.4 Å². The van der Waals surface area contributed by atoms with Gasteiger partial charge in [-0.1, -0.05) is 5.10 Å². The number of hydrogen-bond donors (Lipinski definition) is 1. The van der Waals surface area contributed by atoms with Gasteiger partial charge in [0.1, 0.15) is 19.3 Å². The highest BCUT2D eigenvalue weighted by atomic mass is 32.2. The number of hydrogen-bond acceptors (Lipinski definition) is 12. The number of fused-ring (bicyclic) bond motifs is 2. The van der Waals surface area contributed by atoms with Gasteiger partial charge in [0, 0.05) is 37.6 Å². The van der Waals surface area contributed by atoms with Crippen LogP contribution in [0, 0.1) is 17.2 Å². The fourth-order valence-electron chi connectivity index (χ4n) is 4.72. The Morgan fingerprint density at radius 2 is 1.95 bits per heavy atom. The lowest BCUT2D eigenvalue weighted by atomic mass is 9.93. The summed E-state index contributed by atoms with van der Waals surface area (Å²) in [5.74, 6) is 3.59. The quantitative estimate of drug-likeness (QED) is 0.395. The molecule has 0 aliphatic carbocycles. The third-order valence-corrected chi connectivity index (χ3v) is 7.63. The van der Waals surface area contributed by atoms with Gasteiger partial charge in [0.25, 0.3) is 0 Å². The van der Waals surface area contributed by atoms with Gasteiger partial charge in [-0.15, -0.1) is 0 Å². The number of imidazole rings is 1. The number of aryl methyl sites for hydroxylation is 2. The van der Waals surface area contributed by atoms with Gasteiger partial charge in [-0.3, -0.25) is 0 Å². The molecule has 6 rings (SSSR count). The van der Waals surface area contributed by atoms with E-state index in [4.69, 9.17) is 20.2 Å². The second-order valence-electron chi connectivity index (χ2n) is 9.03. The molecule has 1 aromatic heterocycles. The molecule has 190 valence electrons. The second kappa shape index (κ2) is 9.74. The van der Waals surface area contributed by atoms with Gasteiger partial charge in [0.15, 0.2) is 34.0 Å². The summed E-state index contributed by atoms with van der Waals surface area (Å²) < 4.78 is 15.0. The second-order valence-corrected chi connectivity index (χ2v) is 10.0. The van der Waals surface area contributed by atoms with Crippen LogP contribution in [0.4, 0.5) is 11.8 Å². The van der Waals surface area contributed by atoms with Crippen molar-refractivity contribution in [2.45, 2.75) is 35.9 Å². The van der Waals surface area contributed by atoms with Crippen molar-refractivity contribution in [3.05, 3.63) is 24.0 Å². The molecule has 0 bridgehead atoms. The van der Waals surface area contributed by atoms with E-state index in [2.05, 4.69) is 36.5 Å². The summed E-state index contributed by atoms with van der Waals surface area (Å²) in [7, 11) is 1.86. The Balaban J connectivity index is 1.16. The third-order valence-electron chi connectivity index (χ3n) is 6.71. The molecular formula is C23H25N11O2S. The minimum atomic E-state index is 0.332. The molecule has 5 heterocycles. The van der Waals surface area contributed by atoms with Gasteiger partial charge < -0.3 is 24.7 Å². The summed E-state index contributed by atoms with van der Waals surface area (Å²) in [6.45, 7) is 3.54. The smallest absolute Gasteiger partial charge is 0.245 e. The lowest BCUT2D eigenvalue weighted by Gasteiger charge is -2.32. The SMILES string of the molecule is Cn1nnnc1N1CCC(CCn2cnc(N)c3nc(Sc4cc5c(cc4C#N)OCCO5)nc2-3)CC1. The highest BCUT2D eigenvalue weighted by Crippen LogP contribution is 2.40. The van der Waals surface area contributed by atoms with Crippen molar-refractivity contribution < 1.29 is 9.47 Å². The molecule has 14 heteroatoms. The monoisotopic (exact) mass is 519 g/mol. The first kappa shape index (κ1) is 23.3. The van der Waals surface area contributed by atoms with Crippen LogP contribution in [-0.4, -0.2) is 66.0 Å². The number of piperidine rings is 1. The zero-order valence-corrected chi connectivity index (χ0v) is 21.1. The van der Waals surface area contributed by atoms with Gasteiger partial charge in [0.2, 0.25) is 5.95 Å². The molecule has 1 saturated heterocycles. The number of benzene rings is 1. The van der Waals surface area contributed by atoms with Crippen molar-refractivity contribution in [3.8, 4) is 29.1 Å². The summed E-state index contributed by atoms with van der Waals surface area (Å²) in [5.41, 5.74) is 7.18. The molecule has 1 fully saturated rings. The maximum Gasteiger partial charge on any atom is 0.245 e. The fourth-order valence-corrected chi connectivity index (χ4v) is 5.57. The molecule has 37 heavy (non-hydrogen) atoms. The Morgan fingerprint density at radius 1 is 1.16 bits per heavy atom. The topological polar surface area (TPSA) is 159 Å². The Bertz CT molecular complexity index is 1440. The van der Waals surface area contributed by atoms with Crippen LogP contribution in [0.15, 0.2) is 28.5 Å². The van der Waals surface area contributed by atoms with Crippen molar-refractivity contribution in [1.29, 1.82) is 5.26 Å². The van der Waals surface area contributed by atoms with Crippen molar-refractivity contribution in [2.75, 3.05) is 36.9 Å². The van der Waals surface area contributed by atoms with E-state index in [0.717, 1.165) is 44.8 Å². The molecule has 0 saturated carbocycles. The van der Waals surface area contributed by atoms with Gasteiger partial charge in [-0.2, -0.15) is 5.26 Å². The van der Waals surface area contributed by atoms with Crippen molar-refractivity contribution >= 4 is 23.5 Å². The highest BCUT2D eigenvalue weighted by Gasteiger charge is 2.25. The van der Waals surface area contributed by atoms with E-state index < -0.39 is 0 Å². The summed E-state index contributed by atoms with van der Waals surface area (Å²) >= 11 is 1.30. The minimum Gasteiger partial charge on any atom is -0.486 e. The van der Waals surface area contributed by atoms with Crippen LogP contribution in [0.1, 0.15) is 24.8 Å². The first-order chi connectivity index (χ1) is 18.1. The summed E-state index contributed by atoms with van der Waals surface area (Å²) in [4.78, 5) is 16.7. The average molecular weight is 520 g/mol. The Kier molecular flexibility index (Phi) is 6.13. The van der Waals surface area contributed by atoms with Crippen LogP contribution in [0.2, 0.25) is 0 Å². The highest BCUT2D eigenvalue weighted by molar-refractivity contribution is 7.99. The Labute approximate surface area is 216 Å². The largest absolute Gasteiger partial charge is 0.486 e. The van der Waals surface area contributed by atoms with Crippen LogP contribution in [0.3, 0.4) is 0 Å². The molecular weight excluding hydrogens is 494 g/mol. The zero-order chi connectivity index (χ0) is 25.4. The molecule has 1 aromatic carbocycles. The zero-order valence-electron chi connectivity index (χ0n) is 20.2. The molecule has 2 N–H and O–H groups in total. The number of nitriles is 1. The van der Waals surface area contributed by atoms with E-state index in [0.29, 0.717) is 63.6 Å². The summed E-state index contributed by atoms with van der Waals surface area (Å²) in [5, 5.41) is 22.0. The first-order valence-electron chi connectivity index (χ1n) is 12.1. The molecule has 0 atom stereocenters. The molecule has 0 radical (unpaired) electrons. The van der Waals surface area contributed by atoms with Crippen LogP contribution < -0.4 is 20.1 Å². The van der Waals surface area contributed by atoms with E-state index in [1.807, 2.05) is 11.6 Å². The number of aromatic nitrogens is 8. The molecule has 4 aliphatic rings. The van der Waals surface area contributed by atoms with E-state index in [1.54, 1.807) is 23.1 Å². The van der Waals surface area contributed by atoms with E-state index >= 15 is 0 Å². The number of ether oxygens (including phenoxy) is 2. The standard InChI is InChI=1S/C23H25N11O2S/c1-32-23(29-30-31-32)33-5-2-14(3-6-33)4-7-34-13-26-20(25)19-21(34)28-22(27-19)37-18-11-17-16(10-15(18)12-24)35-8-9-36-17/h10-11,13-14H,2-9,25H2,1H3. The number of tetrazole rings is 1. The van der Waals surface area contributed by atoms with Crippen LogP contribution in [0.25, 0.3) is 11.5 Å². The minimum absolute atomic E-state index is 0.332.